The van der Waals surface area contributed by atoms with Gasteiger partial charge in [0.1, 0.15) is 0 Å². The fourth-order valence-electron chi connectivity index (χ4n) is 12.2. The van der Waals surface area contributed by atoms with Crippen molar-refractivity contribution in [1.82, 2.24) is 0 Å². The van der Waals surface area contributed by atoms with Crippen molar-refractivity contribution in [2.75, 3.05) is 0 Å². The van der Waals surface area contributed by atoms with Crippen LogP contribution in [0.1, 0.15) is 410 Å². The number of hydrogen-bond donors (Lipinski definition) is 0. The van der Waals surface area contributed by atoms with Gasteiger partial charge in [0.2, 0.25) is 11.4 Å². The van der Waals surface area contributed by atoms with Crippen LogP contribution in [0.15, 0.2) is 84.5 Å². The predicted octanol–water partition coefficient (Wildman–Crippen LogP) is 29.9. The molecule has 1 aliphatic rings. The van der Waals surface area contributed by atoms with Gasteiger partial charge in [-0.1, -0.05) is 384 Å². The van der Waals surface area contributed by atoms with Crippen molar-refractivity contribution in [3.05, 3.63) is 126 Å². The Bertz CT molecular complexity index is 1870. The molecule has 2 aromatic carbocycles. The molecule has 0 amide bonds. The van der Waals surface area contributed by atoms with Crippen molar-refractivity contribution < 1.29 is 21.2 Å². The Balaban J connectivity index is 0.00000771. The van der Waals surface area contributed by atoms with Crippen LogP contribution < -0.4 is 0 Å². The van der Waals surface area contributed by atoms with Gasteiger partial charge in [0.15, 0.2) is 0 Å². The smallest absolute Gasteiger partial charge is 0.493 e. The number of unbranched alkanes of at least 4 members (excludes halogenated alkanes) is 47. The summed E-state index contributed by atoms with van der Waals surface area (Å²) >= 11 is 0. The van der Waals surface area contributed by atoms with E-state index < -0.39 is 0 Å². The van der Waals surface area contributed by atoms with Crippen LogP contribution in [0.4, 0.5) is 0 Å². The Morgan fingerprint density at radius 3 is 0.862 bits per heavy atom. The van der Waals surface area contributed by atoms with Crippen molar-refractivity contribution in [2.45, 2.75) is 401 Å². The number of benzene rings is 2. The first-order valence-electron chi connectivity index (χ1n) is 38.5. The quantitative estimate of drug-likeness (QED) is 0.0207. The second kappa shape index (κ2) is 67.9. The number of aryl methyl sites for hydroxylation is 2. The molecule has 0 N–H and O–H groups in total. The standard InChI is InChI=1S/C76H128N2.2C4H9.Ni/c1-4-7-10-12-14-16-18-20-22-24-26-28-30-32-34-36-38-40-42-44-46-48-50-52-54-56-63-70-65-58-60-67-73(70)75-69-72(62-9-6-3)76(78(75)77)74-68-61-59-66-71(74)64-57-55-53-51-49-47-45-43-41-39-37-35-33-31-29-27-25-23-21-19-17-15-13-11-8-5-2;2*1-3-4-2;/h52-55,58-61,65-69H,4-51,56-57,62-64H2,1-3H3;2*1,3-4H2,2H3;/q;2*-1;+2. The minimum Gasteiger partial charge on any atom is -0.493 e. The van der Waals surface area contributed by atoms with Crippen molar-refractivity contribution >= 4 is 11.4 Å². The predicted molar refractivity (Wildman–Crippen MR) is 390 cm³/mol. The SMILES string of the molecule is CCCCCCCCCCCCCCCCCCCCCCCCC=CCCc1ccccc1C1=CC(CCCC)=C(c2ccccc2CCC=CCCCCCCCCCCCCCCCCCCCCCCCC)[N+]1=[N-].[CH2-]CCC.[CH2-]CCC.[Ni+2]. The van der Waals surface area contributed by atoms with Gasteiger partial charge < -0.3 is 19.4 Å². The van der Waals surface area contributed by atoms with Crippen molar-refractivity contribution in [1.29, 1.82) is 0 Å². The summed E-state index contributed by atoms with van der Waals surface area (Å²) in [6.07, 6.45) is 89.4. The van der Waals surface area contributed by atoms with E-state index in [0.29, 0.717) is 0 Å². The number of hydrogen-bond acceptors (Lipinski definition) is 0. The van der Waals surface area contributed by atoms with Gasteiger partial charge in [-0.25, -0.2) is 4.70 Å². The monoisotopic (exact) mass is 1240 g/mol. The van der Waals surface area contributed by atoms with Crippen LogP contribution in [0.25, 0.3) is 16.9 Å². The maximum atomic E-state index is 12.1. The number of allylic oxidation sites excluding steroid dienone is 6. The molecule has 1 aliphatic heterocycles. The first-order chi connectivity index (χ1) is 42.5. The summed E-state index contributed by atoms with van der Waals surface area (Å²) in [5, 5.41) is 0. The first-order valence-corrected chi connectivity index (χ1v) is 38.5. The van der Waals surface area contributed by atoms with Crippen molar-refractivity contribution in [2.24, 2.45) is 0 Å². The van der Waals surface area contributed by atoms with Crippen molar-refractivity contribution in [3.8, 4) is 0 Å². The summed E-state index contributed by atoms with van der Waals surface area (Å²) in [6, 6.07) is 17.6. The molecule has 0 unspecified atom stereocenters. The topological polar surface area (TPSA) is 25.3 Å². The molecule has 0 aliphatic carbocycles. The van der Waals surface area contributed by atoms with E-state index in [2.05, 4.69) is 127 Å². The van der Waals surface area contributed by atoms with Crippen LogP contribution in [-0.4, -0.2) is 4.70 Å². The zero-order chi connectivity index (χ0) is 62.1. The Morgan fingerprint density at radius 1 is 0.310 bits per heavy atom. The molecule has 0 atom stereocenters. The number of rotatable bonds is 59. The number of nitrogens with zero attached hydrogens (tertiary/aromatic N) is 2. The fraction of sp³-hybridized carbons (Fsp3) is 0.738. The summed E-state index contributed by atoms with van der Waals surface area (Å²) in [6.45, 7) is 18.3. The molecule has 3 heteroatoms. The molecule has 0 fully saturated rings. The van der Waals surface area contributed by atoms with Gasteiger partial charge in [-0.3, -0.25) is 0 Å². The Morgan fingerprint density at radius 2 is 0.563 bits per heavy atom. The van der Waals surface area contributed by atoms with Crippen LogP contribution in [0.3, 0.4) is 0 Å². The molecule has 0 aromatic heterocycles. The molecule has 0 spiro atoms. The van der Waals surface area contributed by atoms with Gasteiger partial charge in [-0.05, 0) is 87.5 Å². The zero-order valence-electron chi connectivity index (χ0n) is 58.9. The summed E-state index contributed by atoms with van der Waals surface area (Å²) in [5.74, 6) is 0. The summed E-state index contributed by atoms with van der Waals surface area (Å²) in [4.78, 5) is 0. The average Bonchev–Trinajstić information content (AvgIpc) is 1.91. The molecular weight excluding hydrogens is 1100 g/mol. The molecule has 0 bridgehead atoms. The Labute approximate surface area is 556 Å². The largest absolute Gasteiger partial charge is 2.00 e. The van der Waals surface area contributed by atoms with Gasteiger partial charge >= 0.3 is 16.5 Å². The van der Waals surface area contributed by atoms with Crippen LogP contribution in [0.5, 0.6) is 0 Å². The Hall–Kier alpha value is -2.51. The third-order valence-corrected chi connectivity index (χ3v) is 18.1. The second-order valence-corrected chi connectivity index (χ2v) is 26.3. The minimum atomic E-state index is 0. The van der Waals surface area contributed by atoms with Gasteiger partial charge in [0, 0.05) is 22.8 Å². The van der Waals surface area contributed by atoms with E-state index in [4.69, 9.17) is 0 Å². The molecule has 0 radical (unpaired) electrons. The van der Waals surface area contributed by atoms with Gasteiger partial charge in [0.25, 0.3) is 0 Å². The normalized spacial score (nSPS) is 12.3. The van der Waals surface area contributed by atoms with Gasteiger partial charge in [0.05, 0.1) is 0 Å². The van der Waals surface area contributed by atoms with E-state index >= 15 is 0 Å². The second-order valence-electron chi connectivity index (χ2n) is 26.3. The fourth-order valence-corrected chi connectivity index (χ4v) is 12.2. The third-order valence-electron chi connectivity index (χ3n) is 18.1. The van der Waals surface area contributed by atoms with E-state index in [-0.39, 0.29) is 16.5 Å². The zero-order valence-corrected chi connectivity index (χ0v) is 59.9. The first kappa shape index (κ1) is 84.5. The summed E-state index contributed by atoms with van der Waals surface area (Å²) in [7, 11) is 0. The van der Waals surface area contributed by atoms with E-state index in [1.165, 1.54) is 335 Å². The van der Waals surface area contributed by atoms with E-state index in [9.17, 15) is 5.53 Å². The maximum absolute atomic E-state index is 12.1. The molecule has 2 nitrogen and oxygen atoms in total. The maximum Gasteiger partial charge on any atom is 2.00 e. The molecule has 2 aromatic rings. The average molecular weight is 1240 g/mol. The molecule has 502 valence electrons. The van der Waals surface area contributed by atoms with E-state index in [1.807, 2.05) is 0 Å². The molecule has 1 heterocycles. The van der Waals surface area contributed by atoms with Gasteiger partial charge in [-0.2, -0.15) is 12.8 Å². The molecular formula is C84H146N2Ni. The summed E-state index contributed by atoms with van der Waals surface area (Å²) < 4.78 is 1.54. The van der Waals surface area contributed by atoms with E-state index in [1.54, 1.807) is 0 Å². The minimum absolute atomic E-state index is 0. The third kappa shape index (κ3) is 49.8. The molecule has 3 rings (SSSR count). The van der Waals surface area contributed by atoms with Crippen LogP contribution in [0.2, 0.25) is 0 Å². The van der Waals surface area contributed by atoms with Crippen LogP contribution in [0, 0.1) is 13.8 Å². The summed E-state index contributed by atoms with van der Waals surface area (Å²) in [5.41, 5.74) is 20.3. The van der Waals surface area contributed by atoms with Crippen LogP contribution >= 0.6 is 0 Å². The van der Waals surface area contributed by atoms with Gasteiger partial charge in [-0.15, -0.1) is 0 Å². The molecule has 87 heavy (non-hydrogen) atoms. The van der Waals surface area contributed by atoms with Crippen LogP contribution in [-0.2, 0) is 29.3 Å². The van der Waals surface area contributed by atoms with Crippen molar-refractivity contribution in [3.63, 3.8) is 0 Å². The Kier molecular flexibility index (Phi) is 65.9. The molecule has 0 saturated heterocycles. The molecule has 0 saturated carbocycles. The van der Waals surface area contributed by atoms with E-state index in [0.717, 1.165) is 74.7 Å².